The predicted molar refractivity (Wildman–Crippen MR) is 84.3 cm³/mol. The van der Waals surface area contributed by atoms with Crippen molar-refractivity contribution in [1.82, 2.24) is 10.6 Å². The summed E-state index contributed by atoms with van der Waals surface area (Å²) < 4.78 is 5.83. The maximum absolute atomic E-state index is 12.4. The predicted octanol–water partition coefficient (Wildman–Crippen LogP) is 2.51. The molecule has 1 saturated heterocycles. The summed E-state index contributed by atoms with van der Waals surface area (Å²) in [5, 5.41) is 6.39. The van der Waals surface area contributed by atoms with Crippen LogP contribution in [0.2, 0.25) is 0 Å². The zero-order valence-corrected chi connectivity index (χ0v) is 13.3. The van der Waals surface area contributed by atoms with Crippen molar-refractivity contribution in [2.75, 3.05) is 13.1 Å². The fraction of sp³-hybridized carbons (Fsp3) is 0.588. The monoisotopic (exact) mass is 290 g/mol. The summed E-state index contributed by atoms with van der Waals surface area (Å²) in [6, 6.07) is 7.85. The van der Waals surface area contributed by atoms with Gasteiger partial charge in [0.2, 0.25) is 5.91 Å². The summed E-state index contributed by atoms with van der Waals surface area (Å²) in [5.41, 5.74) is 1.03. The first-order valence-corrected chi connectivity index (χ1v) is 7.75. The molecule has 1 unspecified atom stereocenters. The SMILES string of the molecule is CC(C)Oc1ccccc1C(C)NC(=O)[C@@H]1CNC[C@H]1C. The van der Waals surface area contributed by atoms with E-state index in [4.69, 9.17) is 4.74 Å². The van der Waals surface area contributed by atoms with E-state index < -0.39 is 0 Å². The smallest absolute Gasteiger partial charge is 0.225 e. The minimum absolute atomic E-state index is 0.0553. The van der Waals surface area contributed by atoms with Crippen molar-refractivity contribution < 1.29 is 9.53 Å². The number of benzene rings is 1. The van der Waals surface area contributed by atoms with Gasteiger partial charge in [-0.25, -0.2) is 0 Å². The zero-order chi connectivity index (χ0) is 15.4. The first-order chi connectivity index (χ1) is 9.99. The molecular formula is C17H26N2O2. The van der Waals surface area contributed by atoms with Crippen molar-refractivity contribution in [1.29, 1.82) is 0 Å². The molecule has 1 fully saturated rings. The minimum atomic E-state index is -0.0553. The van der Waals surface area contributed by atoms with E-state index in [2.05, 4.69) is 17.6 Å². The van der Waals surface area contributed by atoms with Crippen molar-refractivity contribution >= 4 is 5.91 Å². The lowest BCUT2D eigenvalue weighted by Crippen LogP contribution is -2.36. The average Bonchev–Trinajstić information content (AvgIpc) is 2.85. The second-order valence-corrected chi connectivity index (χ2v) is 6.18. The molecule has 21 heavy (non-hydrogen) atoms. The van der Waals surface area contributed by atoms with E-state index in [-0.39, 0.29) is 24.0 Å². The van der Waals surface area contributed by atoms with Crippen LogP contribution in [-0.4, -0.2) is 25.1 Å². The third-order valence-corrected chi connectivity index (χ3v) is 3.96. The van der Waals surface area contributed by atoms with Gasteiger partial charge in [-0.3, -0.25) is 4.79 Å². The van der Waals surface area contributed by atoms with Crippen LogP contribution < -0.4 is 15.4 Å². The molecule has 3 atom stereocenters. The lowest BCUT2D eigenvalue weighted by molar-refractivity contribution is -0.126. The van der Waals surface area contributed by atoms with Gasteiger partial charge in [0, 0.05) is 12.1 Å². The highest BCUT2D eigenvalue weighted by Crippen LogP contribution is 2.26. The Morgan fingerprint density at radius 3 is 2.62 bits per heavy atom. The number of nitrogens with one attached hydrogen (secondary N) is 2. The van der Waals surface area contributed by atoms with Gasteiger partial charge in [0.15, 0.2) is 0 Å². The number of rotatable bonds is 5. The summed E-state index contributed by atoms with van der Waals surface area (Å²) in [7, 11) is 0. The Kier molecular flexibility index (Phi) is 5.23. The molecule has 0 radical (unpaired) electrons. The molecule has 0 aliphatic carbocycles. The van der Waals surface area contributed by atoms with Gasteiger partial charge in [-0.15, -0.1) is 0 Å². The molecule has 116 valence electrons. The summed E-state index contributed by atoms with van der Waals surface area (Å²) in [6.07, 6.45) is 0.119. The molecule has 0 spiro atoms. The van der Waals surface area contributed by atoms with Crippen molar-refractivity contribution in [3.63, 3.8) is 0 Å². The Hall–Kier alpha value is -1.55. The Morgan fingerprint density at radius 1 is 1.29 bits per heavy atom. The second-order valence-electron chi connectivity index (χ2n) is 6.18. The normalized spacial score (nSPS) is 23.1. The van der Waals surface area contributed by atoms with Gasteiger partial charge in [-0.05, 0) is 39.3 Å². The second kappa shape index (κ2) is 6.94. The highest BCUT2D eigenvalue weighted by Gasteiger charge is 2.30. The molecule has 1 heterocycles. The third kappa shape index (κ3) is 3.97. The Bertz CT molecular complexity index is 487. The Morgan fingerprint density at radius 2 is 2.00 bits per heavy atom. The molecule has 2 rings (SSSR count). The van der Waals surface area contributed by atoms with E-state index in [1.807, 2.05) is 45.0 Å². The van der Waals surface area contributed by atoms with Gasteiger partial charge in [-0.1, -0.05) is 25.1 Å². The number of para-hydroxylation sites is 1. The molecule has 0 aromatic heterocycles. The van der Waals surface area contributed by atoms with Gasteiger partial charge < -0.3 is 15.4 Å². The highest BCUT2D eigenvalue weighted by atomic mass is 16.5. The number of ether oxygens (including phenoxy) is 1. The van der Waals surface area contributed by atoms with Crippen molar-refractivity contribution in [3.8, 4) is 5.75 Å². The lowest BCUT2D eigenvalue weighted by Gasteiger charge is -2.22. The Balaban J connectivity index is 2.06. The highest BCUT2D eigenvalue weighted by molar-refractivity contribution is 5.80. The standard InChI is InChI=1S/C17H26N2O2/c1-11(2)21-16-8-6-5-7-14(16)13(4)19-17(20)15-10-18-9-12(15)3/h5-8,11-13,15,18H,9-10H2,1-4H3,(H,19,20)/t12-,13?,15-/m1/s1. The summed E-state index contributed by atoms with van der Waals surface area (Å²) in [5.74, 6) is 1.42. The largest absolute Gasteiger partial charge is 0.491 e. The Labute approximate surface area is 127 Å². The fourth-order valence-corrected chi connectivity index (χ4v) is 2.76. The maximum atomic E-state index is 12.4. The summed E-state index contributed by atoms with van der Waals surface area (Å²) >= 11 is 0. The average molecular weight is 290 g/mol. The minimum Gasteiger partial charge on any atom is -0.491 e. The van der Waals surface area contributed by atoms with E-state index in [1.54, 1.807) is 0 Å². The van der Waals surface area contributed by atoms with Crippen molar-refractivity contribution in [2.45, 2.75) is 39.8 Å². The van der Waals surface area contributed by atoms with Crippen LogP contribution in [0.25, 0.3) is 0 Å². The van der Waals surface area contributed by atoms with Gasteiger partial charge in [0.05, 0.1) is 18.1 Å². The van der Waals surface area contributed by atoms with Crippen LogP contribution >= 0.6 is 0 Å². The van der Waals surface area contributed by atoms with Crippen molar-refractivity contribution in [3.05, 3.63) is 29.8 Å². The van der Waals surface area contributed by atoms with E-state index in [0.717, 1.165) is 24.4 Å². The van der Waals surface area contributed by atoms with Crippen LogP contribution in [0.1, 0.15) is 39.3 Å². The van der Waals surface area contributed by atoms with Gasteiger partial charge in [0.1, 0.15) is 5.75 Å². The number of amides is 1. The fourth-order valence-electron chi connectivity index (χ4n) is 2.76. The topological polar surface area (TPSA) is 50.4 Å². The number of carbonyl (C=O) groups is 1. The maximum Gasteiger partial charge on any atom is 0.225 e. The van der Waals surface area contributed by atoms with Crippen LogP contribution in [0.4, 0.5) is 0 Å². The molecule has 1 aromatic rings. The van der Waals surface area contributed by atoms with E-state index in [1.165, 1.54) is 0 Å². The third-order valence-electron chi connectivity index (χ3n) is 3.96. The summed E-state index contributed by atoms with van der Waals surface area (Å²) in [6.45, 7) is 9.82. The molecule has 0 saturated carbocycles. The molecule has 1 aliphatic heterocycles. The molecule has 1 aliphatic rings. The van der Waals surface area contributed by atoms with E-state index in [9.17, 15) is 4.79 Å². The molecule has 1 aromatic carbocycles. The van der Waals surface area contributed by atoms with E-state index in [0.29, 0.717) is 5.92 Å². The molecule has 4 heteroatoms. The molecule has 4 nitrogen and oxygen atoms in total. The number of carbonyl (C=O) groups excluding carboxylic acids is 1. The first kappa shape index (κ1) is 15.8. The van der Waals surface area contributed by atoms with Gasteiger partial charge in [-0.2, -0.15) is 0 Å². The first-order valence-electron chi connectivity index (χ1n) is 7.75. The number of hydrogen-bond acceptors (Lipinski definition) is 3. The number of hydrogen-bond donors (Lipinski definition) is 2. The summed E-state index contributed by atoms with van der Waals surface area (Å²) in [4.78, 5) is 12.4. The van der Waals surface area contributed by atoms with Crippen LogP contribution in [0.5, 0.6) is 5.75 Å². The molecular weight excluding hydrogens is 264 g/mol. The van der Waals surface area contributed by atoms with Crippen LogP contribution in [0.15, 0.2) is 24.3 Å². The van der Waals surface area contributed by atoms with Crippen LogP contribution in [-0.2, 0) is 4.79 Å². The lowest BCUT2D eigenvalue weighted by atomic mass is 9.96. The van der Waals surface area contributed by atoms with E-state index >= 15 is 0 Å². The van der Waals surface area contributed by atoms with Crippen LogP contribution in [0, 0.1) is 11.8 Å². The van der Waals surface area contributed by atoms with Gasteiger partial charge >= 0.3 is 0 Å². The molecule has 1 amide bonds. The molecule has 2 N–H and O–H groups in total. The quantitative estimate of drug-likeness (QED) is 0.876. The van der Waals surface area contributed by atoms with Gasteiger partial charge in [0.25, 0.3) is 0 Å². The molecule has 0 bridgehead atoms. The van der Waals surface area contributed by atoms with Crippen molar-refractivity contribution in [2.24, 2.45) is 11.8 Å². The van der Waals surface area contributed by atoms with Crippen LogP contribution in [0.3, 0.4) is 0 Å². The zero-order valence-electron chi connectivity index (χ0n) is 13.3.